The minimum Gasteiger partial charge on any atom is -0.456 e. The molecule has 2 nitrogen and oxygen atoms in total. The molecule has 0 atom stereocenters. The molecule has 0 fully saturated rings. The molecule has 14 rings (SSSR count). The van der Waals surface area contributed by atoms with Crippen LogP contribution in [0.1, 0.15) is 25.0 Å². The topological polar surface area (TPSA) is 26.3 Å². The monoisotopic (exact) mass is 828 g/mol. The van der Waals surface area contributed by atoms with Crippen LogP contribution in [0.25, 0.3) is 132 Å². The van der Waals surface area contributed by atoms with E-state index in [2.05, 4.69) is 214 Å². The molecule has 2 heteroatoms. The third kappa shape index (κ3) is 5.23. The van der Waals surface area contributed by atoms with E-state index in [-0.39, 0.29) is 5.41 Å². The molecule has 304 valence electrons. The van der Waals surface area contributed by atoms with Gasteiger partial charge in [-0.3, -0.25) is 0 Å². The van der Waals surface area contributed by atoms with Crippen molar-refractivity contribution in [3.8, 4) is 55.6 Å². The van der Waals surface area contributed by atoms with E-state index in [1.165, 1.54) is 82.4 Å². The van der Waals surface area contributed by atoms with Gasteiger partial charge in [0, 0.05) is 32.5 Å². The lowest BCUT2D eigenvalue weighted by Gasteiger charge is -2.22. The highest BCUT2D eigenvalue weighted by atomic mass is 16.3. The highest BCUT2D eigenvalue weighted by Crippen LogP contribution is 2.52. The van der Waals surface area contributed by atoms with Crippen LogP contribution in [0.4, 0.5) is 0 Å². The third-order valence-electron chi connectivity index (χ3n) is 14.5. The number of rotatable bonds is 4. The summed E-state index contributed by atoms with van der Waals surface area (Å²) in [5, 5.41) is 11.9. The standard InChI is InChI=1S/C63H40O2/c1-63(2)55-29-26-39(33-51(55)52-32-37-14-3-4-15-38(37)36-56(52)63)40-27-30-58-53(34-40)54-35-41(28-31-59(54)64-58)60-45-19-7-9-21-47(45)61(48-22-10-8-20-46(48)60)44-18-6-5-16-42(44)49-23-13-24-50-43-17-11-12-25-57(43)65-62(49)50/h3-36H,1-2H3. The normalized spacial score (nSPS) is 13.2. The summed E-state index contributed by atoms with van der Waals surface area (Å²) in [6, 6.07) is 75.5. The number of benzene rings is 11. The molecule has 1 aliphatic carbocycles. The van der Waals surface area contributed by atoms with Crippen molar-refractivity contribution in [3.05, 3.63) is 217 Å². The van der Waals surface area contributed by atoms with Crippen LogP contribution in [-0.4, -0.2) is 0 Å². The van der Waals surface area contributed by atoms with Crippen LogP contribution in [0.2, 0.25) is 0 Å². The van der Waals surface area contributed by atoms with Crippen LogP contribution in [0.3, 0.4) is 0 Å². The van der Waals surface area contributed by atoms with Crippen molar-refractivity contribution in [1.82, 2.24) is 0 Å². The van der Waals surface area contributed by atoms with Crippen molar-refractivity contribution in [1.29, 1.82) is 0 Å². The zero-order valence-electron chi connectivity index (χ0n) is 35.9. The van der Waals surface area contributed by atoms with E-state index < -0.39 is 0 Å². The molecule has 1 aliphatic rings. The maximum atomic E-state index is 6.62. The van der Waals surface area contributed by atoms with Crippen molar-refractivity contribution >= 4 is 76.2 Å². The van der Waals surface area contributed by atoms with Gasteiger partial charge in [-0.1, -0.05) is 172 Å². The Morgan fingerprint density at radius 3 is 1.54 bits per heavy atom. The molecule has 65 heavy (non-hydrogen) atoms. The Morgan fingerprint density at radius 1 is 0.292 bits per heavy atom. The molecule has 11 aromatic carbocycles. The summed E-state index contributed by atoms with van der Waals surface area (Å²) >= 11 is 0. The summed E-state index contributed by atoms with van der Waals surface area (Å²) in [6.07, 6.45) is 0. The molecule has 0 bridgehead atoms. The lowest BCUT2D eigenvalue weighted by atomic mass is 9.81. The van der Waals surface area contributed by atoms with Gasteiger partial charge in [-0.15, -0.1) is 0 Å². The van der Waals surface area contributed by atoms with Crippen LogP contribution in [0.5, 0.6) is 0 Å². The lowest BCUT2D eigenvalue weighted by molar-refractivity contribution is 0.661. The maximum Gasteiger partial charge on any atom is 0.143 e. The summed E-state index contributed by atoms with van der Waals surface area (Å²) in [5.74, 6) is 0. The van der Waals surface area contributed by atoms with Gasteiger partial charge in [-0.25, -0.2) is 0 Å². The second kappa shape index (κ2) is 13.4. The smallest absolute Gasteiger partial charge is 0.143 e. The van der Waals surface area contributed by atoms with E-state index in [0.717, 1.165) is 60.6 Å². The van der Waals surface area contributed by atoms with E-state index in [0.29, 0.717) is 0 Å². The van der Waals surface area contributed by atoms with E-state index >= 15 is 0 Å². The third-order valence-corrected chi connectivity index (χ3v) is 14.5. The van der Waals surface area contributed by atoms with Crippen LogP contribution >= 0.6 is 0 Å². The largest absolute Gasteiger partial charge is 0.456 e. The maximum absolute atomic E-state index is 6.62. The average molecular weight is 829 g/mol. The molecule has 13 aromatic rings. The molecule has 2 heterocycles. The Bertz CT molecular complexity index is 4100. The van der Waals surface area contributed by atoms with Gasteiger partial charge in [0.05, 0.1) is 0 Å². The molecule has 0 radical (unpaired) electrons. The second-order valence-electron chi connectivity index (χ2n) is 18.3. The number of hydrogen-bond donors (Lipinski definition) is 0. The summed E-state index contributed by atoms with van der Waals surface area (Å²) in [5.41, 5.74) is 18.3. The van der Waals surface area contributed by atoms with E-state index in [4.69, 9.17) is 8.83 Å². The Labute approximate surface area is 375 Å². The van der Waals surface area contributed by atoms with Crippen LogP contribution < -0.4 is 0 Å². The van der Waals surface area contributed by atoms with Crippen LogP contribution in [0.15, 0.2) is 215 Å². The Morgan fingerprint density at radius 2 is 0.800 bits per heavy atom. The van der Waals surface area contributed by atoms with Crippen molar-refractivity contribution in [2.75, 3.05) is 0 Å². The molecule has 0 aliphatic heterocycles. The van der Waals surface area contributed by atoms with Gasteiger partial charge in [0.25, 0.3) is 0 Å². The van der Waals surface area contributed by atoms with Crippen LogP contribution in [-0.2, 0) is 5.41 Å². The summed E-state index contributed by atoms with van der Waals surface area (Å²) in [4.78, 5) is 0. The summed E-state index contributed by atoms with van der Waals surface area (Å²) in [6.45, 7) is 4.72. The van der Waals surface area contributed by atoms with E-state index in [1.807, 2.05) is 6.07 Å². The molecule has 0 saturated carbocycles. The first-order valence-corrected chi connectivity index (χ1v) is 22.6. The molecule has 0 saturated heterocycles. The van der Waals surface area contributed by atoms with Gasteiger partial charge in [0.1, 0.15) is 22.3 Å². The van der Waals surface area contributed by atoms with Crippen molar-refractivity contribution in [2.24, 2.45) is 0 Å². The van der Waals surface area contributed by atoms with Gasteiger partial charge in [-0.2, -0.15) is 0 Å². The summed E-state index contributed by atoms with van der Waals surface area (Å²) in [7, 11) is 0. The van der Waals surface area contributed by atoms with Gasteiger partial charge in [0.2, 0.25) is 0 Å². The number of hydrogen-bond acceptors (Lipinski definition) is 2. The molecule has 0 N–H and O–H groups in total. The fourth-order valence-electron chi connectivity index (χ4n) is 11.4. The predicted octanol–water partition coefficient (Wildman–Crippen LogP) is 17.9. The molecule has 0 spiro atoms. The molecule has 0 unspecified atom stereocenters. The Hall–Kier alpha value is -8.20. The number of para-hydroxylation sites is 2. The molecule has 2 aromatic heterocycles. The van der Waals surface area contributed by atoms with Crippen molar-refractivity contribution in [3.63, 3.8) is 0 Å². The minimum atomic E-state index is -0.0750. The Balaban J connectivity index is 0.937. The predicted molar refractivity (Wildman–Crippen MR) is 273 cm³/mol. The SMILES string of the molecule is CC1(C)c2ccc(-c3ccc4oc5ccc(-c6c7ccccc7c(-c7ccccc7-c7cccc8c7oc7ccccc78)c7ccccc67)cc5c4c3)cc2-c2cc3ccccc3cc21. The number of furan rings is 2. The lowest BCUT2D eigenvalue weighted by Crippen LogP contribution is -2.14. The zero-order chi connectivity index (χ0) is 43.0. The average Bonchev–Trinajstić information content (AvgIpc) is 3.99. The fraction of sp³-hybridized carbons (Fsp3) is 0.0476. The quantitative estimate of drug-likeness (QED) is 0.165. The highest BCUT2D eigenvalue weighted by Gasteiger charge is 2.36. The molecule has 0 amide bonds. The first-order chi connectivity index (χ1) is 32.0. The van der Waals surface area contributed by atoms with Gasteiger partial charge in [-0.05, 0) is 142 Å². The van der Waals surface area contributed by atoms with Gasteiger partial charge < -0.3 is 8.83 Å². The molecular weight excluding hydrogens is 789 g/mol. The van der Waals surface area contributed by atoms with Crippen molar-refractivity contribution in [2.45, 2.75) is 19.3 Å². The first kappa shape index (κ1) is 36.3. The highest BCUT2D eigenvalue weighted by molar-refractivity contribution is 6.24. The van der Waals surface area contributed by atoms with Gasteiger partial charge in [0.15, 0.2) is 0 Å². The number of fused-ring (bicyclic) bond motifs is 12. The first-order valence-electron chi connectivity index (χ1n) is 22.6. The van der Waals surface area contributed by atoms with Crippen molar-refractivity contribution < 1.29 is 8.83 Å². The fourth-order valence-corrected chi connectivity index (χ4v) is 11.4. The zero-order valence-corrected chi connectivity index (χ0v) is 35.9. The Kier molecular flexibility index (Phi) is 7.49. The van der Waals surface area contributed by atoms with E-state index in [9.17, 15) is 0 Å². The van der Waals surface area contributed by atoms with Crippen LogP contribution in [0, 0.1) is 0 Å². The second-order valence-corrected chi connectivity index (χ2v) is 18.3. The molecular formula is C63H40O2. The van der Waals surface area contributed by atoms with E-state index in [1.54, 1.807) is 0 Å². The summed E-state index contributed by atoms with van der Waals surface area (Å²) < 4.78 is 13.2. The minimum absolute atomic E-state index is 0.0750. The van der Waals surface area contributed by atoms with Gasteiger partial charge >= 0.3 is 0 Å².